The molecule has 5 aromatic heterocycles. The molecule has 0 aliphatic rings. The van der Waals surface area contributed by atoms with Gasteiger partial charge in [-0.1, -0.05) is 178 Å². The third-order valence-corrected chi connectivity index (χ3v) is 15.4. The van der Waals surface area contributed by atoms with Gasteiger partial charge in [0.2, 0.25) is 0 Å². The van der Waals surface area contributed by atoms with Crippen molar-refractivity contribution in [2.24, 2.45) is 0 Å². The van der Waals surface area contributed by atoms with E-state index in [1.807, 2.05) is 41.2 Å². The Morgan fingerprint density at radius 2 is 1.01 bits per heavy atom. The average molecular weight is 1210 g/mol. The molecule has 0 atom stereocenters. The number of rotatable bonds is 9. The van der Waals surface area contributed by atoms with E-state index >= 15 is 0 Å². The Morgan fingerprint density at radius 3 is 1.65 bits per heavy atom. The van der Waals surface area contributed by atoms with Gasteiger partial charge in [0.1, 0.15) is 5.82 Å². The number of aromatic nitrogens is 6. The molecule has 15 rings (SSSR count). The van der Waals surface area contributed by atoms with Crippen molar-refractivity contribution in [3.05, 3.63) is 273 Å². The van der Waals surface area contributed by atoms with Crippen LogP contribution in [0.25, 0.3) is 116 Å². The third-order valence-electron chi connectivity index (χ3n) is 15.4. The first-order valence-corrected chi connectivity index (χ1v) is 26.8. The van der Waals surface area contributed by atoms with Crippen LogP contribution in [0.4, 0.5) is 0 Å². The van der Waals surface area contributed by atoms with Crippen LogP contribution in [0.5, 0.6) is 11.5 Å². The summed E-state index contributed by atoms with van der Waals surface area (Å²) in [5.74, 6) is 1.90. The molecule has 0 bridgehead atoms. The number of benzene rings is 10. The van der Waals surface area contributed by atoms with Crippen molar-refractivity contribution >= 4 is 65.4 Å². The maximum Gasteiger partial charge on any atom is 0.267 e. The standard InChI is InChI=1S/C72H50N6O.Pt/c1-72(2,3)50-40-41-73-64(44-50)78-63-46-55(79-54-31-20-30-53(45-54)74-42-43-75(47-74)68-56(48-22-8-4-9-23-48)34-21-35-57(68)49-24-10-5-11-25-49)38-39-60(63)66-65-58-32-16-18-36-61(58)76(51-26-12-6-13-27-51)69(65)67-59-33-17-19-37-62(59)77(71(67)70(66)78)52-28-14-7-15-29-52;/h4-44H,1-3H3;/q-2;. The van der Waals surface area contributed by atoms with Gasteiger partial charge in [0.25, 0.3) is 6.33 Å². The molecule has 10 aromatic carbocycles. The summed E-state index contributed by atoms with van der Waals surface area (Å²) in [5.41, 5.74) is 15.8. The number of hydrogen-bond acceptors (Lipinski definition) is 2. The number of imidazole rings is 1. The zero-order chi connectivity index (χ0) is 52.8. The summed E-state index contributed by atoms with van der Waals surface area (Å²) in [7, 11) is 0. The van der Waals surface area contributed by atoms with E-state index < -0.39 is 0 Å². The van der Waals surface area contributed by atoms with Crippen molar-refractivity contribution in [3.63, 3.8) is 0 Å². The van der Waals surface area contributed by atoms with Crippen molar-refractivity contribution in [1.29, 1.82) is 0 Å². The van der Waals surface area contributed by atoms with Crippen LogP contribution in [0, 0.1) is 18.5 Å². The molecule has 0 aliphatic carbocycles. The largest absolute Gasteiger partial charge is 0.510 e. The molecule has 0 spiro atoms. The van der Waals surface area contributed by atoms with Crippen LogP contribution in [0.1, 0.15) is 26.3 Å². The fourth-order valence-corrected chi connectivity index (χ4v) is 11.9. The fourth-order valence-electron chi connectivity index (χ4n) is 11.9. The smallest absolute Gasteiger partial charge is 0.267 e. The summed E-state index contributed by atoms with van der Waals surface area (Å²) < 4.78 is 18.2. The number of hydrogen-bond donors (Lipinski definition) is 0. The molecule has 5 heterocycles. The normalized spacial score (nSPS) is 11.8. The van der Waals surface area contributed by atoms with Crippen LogP contribution in [0.3, 0.4) is 0 Å². The van der Waals surface area contributed by atoms with Gasteiger partial charge in [0.15, 0.2) is 0 Å². The second-order valence-electron chi connectivity index (χ2n) is 21.2. The summed E-state index contributed by atoms with van der Waals surface area (Å²) in [4.78, 5) is 5.26. The molecule has 0 aliphatic heterocycles. The molecule has 7 nitrogen and oxygen atoms in total. The van der Waals surface area contributed by atoms with Gasteiger partial charge < -0.3 is 23.0 Å². The molecular weight excluding hydrogens is 1160 g/mol. The quantitative estimate of drug-likeness (QED) is 0.107. The van der Waals surface area contributed by atoms with Crippen LogP contribution in [0.2, 0.25) is 0 Å². The minimum Gasteiger partial charge on any atom is -0.510 e. The first-order chi connectivity index (χ1) is 38.9. The molecule has 0 unspecified atom stereocenters. The summed E-state index contributed by atoms with van der Waals surface area (Å²) in [6.07, 6.45) is 9.67. The average Bonchev–Trinajstić information content (AvgIpc) is 4.40. The first kappa shape index (κ1) is 48.8. The van der Waals surface area contributed by atoms with E-state index in [1.54, 1.807) is 0 Å². The van der Waals surface area contributed by atoms with Gasteiger partial charge in [0.05, 0.1) is 33.3 Å². The van der Waals surface area contributed by atoms with Crippen LogP contribution >= 0.6 is 0 Å². The number of ether oxygens (including phenoxy) is 1. The van der Waals surface area contributed by atoms with E-state index in [4.69, 9.17) is 9.72 Å². The number of nitrogens with zero attached hydrogens (tertiary/aromatic N) is 6. The van der Waals surface area contributed by atoms with Crippen LogP contribution in [-0.2, 0) is 26.5 Å². The van der Waals surface area contributed by atoms with Crippen molar-refractivity contribution < 1.29 is 30.4 Å². The third kappa shape index (κ3) is 7.91. The number of para-hydroxylation sites is 5. The summed E-state index contributed by atoms with van der Waals surface area (Å²) in [5, 5.41) is 6.79. The second-order valence-corrected chi connectivity index (χ2v) is 21.2. The Balaban J connectivity index is 0.00000577. The molecule has 386 valence electrons. The molecule has 0 saturated carbocycles. The van der Waals surface area contributed by atoms with E-state index in [-0.39, 0.29) is 26.5 Å². The monoisotopic (exact) mass is 1210 g/mol. The molecule has 0 N–H and O–H groups in total. The zero-order valence-corrected chi connectivity index (χ0v) is 46.4. The minimum atomic E-state index is -0.147. The summed E-state index contributed by atoms with van der Waals surface area (Å²) >= 11 is 0. The summed E-state index contributed by atoms with van der Waals surface area (Å²) in [6.45, 7) is 6.76. The Kier molecular flexibility index (Phi) is 11.8. The molecule has 0 amide bonds. The van der Waals surface area contributed by atoms with Gasteiger partial charge in [-0.05, 0) is 92.8 Å². The van der Waals surface area contributed by atoms with Crippen LogP contribution in [0.15, 0.2) is 249 Å². The maximum absolute atomic E-state index is 6.92. The number of pyridine rings is 1. The number of fused-ring (bicyclic) bond motifs is 12. The van der Waals surface area contributed by atoms with Crippen molar-refractivity contribution in [1.82, 2.24) is 23.3 Å². The van der Waals surface area contributed by atoms with E-state index in [2.05, 4.69) is 270 Å². The zero-order valence-electron chi connectivity index (χ0n) is 44.1. The van der Waals surface area contributed by atoms with Crippen molar-refractivity contribution in [2.75, 3.05) is 0 Å². The Labute approximate surface area is 477 Å². The summed E-state index contributed by atoms with van der Waals surface area (Å²) in [6, 6.07) is 88.8. The Morgan fingerprint density at radius 1 is 0.475 bits per heavy atom. The van der Waals surface area contributed by atoms with Crippen molar-refractivity contribution in [2.45, 2.75) is 26.2 Å². The van der Waals surface area contributed by atoms with Crippen LogP contribution < -0.4 is 9.30 Å². The maximum atomic E-state index is 6.92. The van der Waals surface area contributed by atoms with Gasteiger partial charge in [-0.2, -0.15) is 18.2 Å². The van der Waals surface area contributed by atoms with Gasteiger partial charge in [-0.25, -0.2) is 4.98 Å². The van der Waals surface area contributed by atoms with Gasteiger partial charge in [-0.3, -0.25) is 4.57 Å². The molecule has 0 fully saturated rings. The predicted molar refractivity (Wildman–Crippen MR) is 321 cm³/mol. The molecule has 0 radical (unpaired) electrons. The topological polar surface area (TPSA) is 45.7 Å². The van der Waals surface area contributed by atoms with E-state index in [0.717, 1.165) is 111 Å². The van der Waals surface area contributed by atoms with Gasteiger partial charge in [-0.15, -0.1) is 29.7 Å². The molecule has 0 saturated heterocycles. The molecular formula is C72H50N6OPt-2. The Hall–Kier alpha value is -9.55. The molecule has 15 aromatic rings. The van der Waals surface area contributed by atoms with Crippen LogP contribution in [-0.4, -0.2) is 23.3 Å². The van der Waals surface area contributed by atoms with E-state index in [0.29, 0.717) is 11.5 Å². The minimum absolute atomic E-state index is 0. The first-order valence-electron chi connectivity index (χ1n) is 26.8. The molecule has 8 heteroatoms. The van der Waals surface area contributed by atoms with E-state index in [9.17, 15) is 0 Å². The SMILES string of the molecule is CC(C)(C)c1ccnc(-n2c3[c-]c(Oc4[c-]c(-[n+]5[c-]n(-c6c(-c7ccccc7)cccc6-c6ccccc6)cc5)ccc4)ccc3c3c4c5ccccc5n(-c5ccccc5)c4c4c5ccccc5n(-c5ccccc5)c4c32)c1.[Pt]. The Bertz CT molecular complexity index is 4780. The molecule has 80 heavy (non-hydrogen) atoms. The van der Waals surface area contributed by atoms with Gasteiger partial charge in [0, 0.05) is 84.1 Å². The predicted octanol–water partition coefficient (Wildman–Crippen LogP) is 17.3. The van der Waals surface area contributed by atoms with E-state index in [1.165, 1.54) is 10.9 Å². The van der Waals surface area contributed by atoms with Gasteiger partial charge >= 0.3 is 0 Å². The second kappa shape index (κ2) is 19.4. The fraction of sp³-hybridized carbons (Fsp3) is 0.0556. The van der Waals surface area contributed by atoms with Crippen molar-refractivity contribution in [3.8, 4) is 62.3 Å².